The Labute approximate surface area is 166 Å². The number of methoxy groups -OCH3 is 1. The molecule has 0 aliphatic carbocycles. The second-order valence-electron chi connectivity index (χ2n) is 7.24. The van der Waals surface area contributed by atoms with E-state index < -0.39 is 52.4 Å². The largest absolute Gasteiger partial charge is 0.481 e. The average molecular weight is 414 g/mol. The topological polar surface area (TPSA) is 82.7 Å². The van der Waals surface area contributed by atoms with Gasteiger partial charge >= 0.3 is 12.1 Å². The number of halogens is 4. The standard InChI is InChI=1S/C20H22F4N2O3/c1-4-5-15-13(9-25)17(19(2,18(27)28)16(26-15)10-29-3)12-7-6-11(21)8-14(12)20(22,23)24/h6-8,13,16-17H,4-5,10H2,1-3H3,(H,27,28). The Kier molecular flexibility index (Phi) is 6.68. The van der Waals surface area contributed by atoms with Crippen molar-refractivity contribution in [2.24, 2.45) is 16.3 Å². The van der Waals surface area contributed by atoms with Crippen LogP contribution in [0.4, 0.5) is 17.6 Å². The molecule has 29 heavy (non-hydrogen) atoms. The van der Waals surface area contributed by atoms with Gasteiger partial charge in [-0.2, -0.15) is 18.4 Å². The second-order valence-corrected chi connectivity index (χ2v) is 7.24. The van der Waals surface area contributed by atoms with Crippen LogP contribution in [-0.4, -0.2) is 36.5 Å². The molecule has 0 saturated heterocycles. The minimum absolute atomic E-state index is 0.146. The van der Waals surface area contributed by atoms with Crippen LogP contribution in [0.5, 0.6) is 0 Å². The van der Waals surface area contributed by atoms with Gasteiger partial charge in [-0.25, -0.2) is 4.39 Å². The summed E-state index contributed by atoms with van der Waals surface area (Å²) in [4.78, 5) is 16.7. The Morgan fingerprint density at radius 3 is 2.55 bits per heavy atom. The number of hydrogen-bond acceptors (Lipinski definition) is 4. The van der Waals surface area contributed by atoms with Crippen molar-refractivity contribution < 1.29 is 32.2 Å². The number of aliphatic imine (C=N–C) groups is 1. The molecular formula is C20H22F4N2O3. The van der Waals surface area contributed by atoms with E-state index in [-0.39, 0.29) is 6.61 Å². The first-order chi connectivity index (χ1) is 13.5. The zero-order valence-corrected chi connectivity index (χ0v) is 16.3. The highest BCUT2D eigenvalue weighted by Crippen LogP contribution is 2.52. The van der Waals surface area contributed by atoms with Gasteiger partial charge in [-0.3, -0.25) is 9.79 Å². The maximum Gasteiger partial charge on any atom is 0.416 e. The predicted octanol–water partition coefficient (Wildman–Crippen LogP) is 4.43. The third-order valence-corrected chi connectivity index (χ3v) is 5.44. The lowest BCUT2D eigenvalue weighted by atomic mass is 9.60. The maximum absolute atomic E-state index is 13.7. The van der Waals surface area contributed by atoms with Crippen molar-refractivity contribution in [2.75, 3.05) is 13.7 Å². The van der Waals surface area contributed by atoms with Crippen LogP contribution in [0.1, 0.15) is 43.7 Å². The molecular weight excluding hydrogens is 392 g/mol. The number of alkyl halides is 3. The van der Waals surface area contributed by atoms with E-state index in [4.69, 9.17) is 4.74 Å². The van der Waals surface area contributed by atoms with Gasteiger partial charge in [-0.05, 0) is 31.0 Å². The first-order valence-corrected chi connectivity index (χ1v) is 9.07. The second kappa shape index (κ2) is 8.49. The average Bonchev–Trinajstić information content (AvgIpc) is 2.63. The summed E-state index contributed by atoms with van der Waals surface area (Å²) >= 11 is 0. The number of nitriles is 1. The lowest BCUT2D eigenvalue weighted by Gasteiger charge is -2.45. The number of nitrogens with zero attached hydrogens (tertiary/aromatic N) is 2. The summed E-state index contributed by atoms with van der Waals surface area (Å²) in [6, 6.07) is 3.05. The molecule has 1 aliphatic heterocycles. The molecule has 4 atom stereocenters. The van der Waals surface area contributed by atoms with Crippen LogP contribution >= 0.6 is 0 Å². The van der Waals surface area contributed by atoms with Gasteiger partial charge in [-0.15, -0.1) is 0 Å². The summed E-state index contributed by atoms with van der Waals surface area (Å²) in [6.45, 7) is 2.94. The van der Waals surface area contributed by atoms with Crippen LogP contribution in [0.3, 0.4) is 0 Å². The summed E-state index contributed by atoms with van der Waals surface area (Å²) in [5, 5.41) is 19.8. The fourth-order valence-corrected chi connectivity index (χ4v) is 3.98. The van der Waals surface area contributed by atoms with E-state index in [0.717, 1.165) is 12.1 Å². The first kappa shape index (κ1) is 22.8. The summed E-state index contributed by atoms with van der Waals surface area (Å²) in [5.74, 6) is -5.09. The van der Waals surface area contributed by atoms with E-state index in [2.05, 4.69) is 4.99 Å². The highest BCUT2D eigenvalue weighted by atomic mass is 19.4. The number of hydrogen-bond donors (Lipinski definition) is 1. The number of carboxylic acids is 1. The highest BCUT2D eigenvalue weighted by molar-refractivity contribution is 5.93. The van der Waals surface area contributed by atoms with Crippen LogP contribution in [-0.2, 0) is 15.7 Å². The molecule has 0 aromatic heterocycles. The lowest BCUT2D eigenvalue weighted by molar-refractivity contribution is -0.154. The number of carboxylic acid groups (broad SMARTS) is 1. The molecule has 0 fully saturated rings. The minimum Gasteiger partial charge on any atom is -0.481 e. The van der Waals surface area contributed by atoms with Crippen molar-refractivity contribution >= 4 is 11.7 Å². The molecule has 1 aromatic carbocycles. The number of benzene rings is 1. The number of rotatable bonds is 6. The number of aliphatic carboxylic acids is 1. The fraction of sp³-hybridized carbons (Fsp3) is 0.550. The van der Waals surface area contributed by atoms with Crippen LogP contribution in [0.2, 0.25) is 0 Å². The molecule has 0 bridgehead atoms. The third-order valence-electron chi connectivity index (χ3n) is 5.44. The van der Waals surface area contributed by atoms with Crippen molar-refractivity contribution in [1.29, 1.82) is 5.26 Å². The van der Waals surface area contributed by atoms with E-state index in [1.807, 2.05) is 13.0 Å². The summed E-state index contributed by atoms with van der Waals surface area (Å²) in [5.41, 5.74) is -3.26. The van der Waals surface area contributed by atoms with Gasteiger partial charge < -0.3 is 9.84 Å². The monoisotopic (exact) mass is 414 g/mol. The highest BCUT2D eigenvalue weighted by Gasteiger charge is 2.57. The minimum atomic E-state index is -4.92. The molecule has 4 unspecified atom stereocenters. The molecule has 158 valence electrons. The Balaban J connectivity index is 2.86. The van der Waals surface area contributed by atoms with E-state index >= 15 is 0 Å². The molecule has 1 heterocycles. The quantitative estimate of drug-likeness (QED) is 0.698. The van der Waals surface area contributed by atoms with Crippen LogP contribution in [0, 0.1) is 28.5 Å². The van der Waals surface area contributed by atoms with Crippen molar-refractivity contribution in [1.82, 2.24) is 0 Å². The van der Waals surface area contributed by atoms with E-state index in [1.165, 1.54) is 14.0 Å². The summed E-state index contributed by atoms with van der Waals surface area (Å²) in [6.07, 6.45) is -4.02. The van der Waals surface area contributed by atoms with E-state index in [0.29, 0.717) is 24.6 Å². The number of ether oxygens (including phenoxy) is 1. The maximum atomic E-state index is 13.7. The van der Waals surface area contributed by atoms with Gasteiger partial charge in [0, 0.05) is 18.7 Å². The molecule has 0 saturated carbocycles. The predicted molar refractivity (Wildman–Crippen MR) is 97.0 cm³/mol. The van der Waals surface area contributed by atoms with Gasteiger partial charge in [0.05, 0.1) is 35.6 Å². The Morgan fingerprint density at radius 2 is 2.07 bits per heavy atom. The third kappa shape index (κ3) is 4.13. The smallest absolute Gasteiger partial charge is 0.416 e. The Bertz CT molecular complexity index is 847. The van der Waals surface area contributed by atoms with Gasteiger partial charge in [0.2, 0.25) is 0 Å². The molecule has 1 aromatic rings. The molecule has 1 aliphatic rings. The van der Waals surface area contributed by atoms with Gasteiger partial charge in [-0.1, -0.05) is 19.4 Å². The molecule has 1 N–H and O–H groups in total. The summed E-state index contributed by atoms with van der Waals surface area (Å²) < 4.78 is 59.8. The molecule has 0 amide bonds. The zero-order valence-electron chi connectivity index (χ0n) is 16.3. The molecule has 0 spiro atoms. The first-order valence-electron chi connectivity index (χ1n) is 9.07. The Hall–Kier alpha value is -2.47. The van der Waals surface area contributed by atoms with Crippen LogP contribution in [0.25, 0.3) is 0 Å². The van der Waals surface area contributed by atoms with Crippen LogP contribution < -0.4 is 0 Å². The van der Waals surface area contributed by atoms with Gasteiger partial charge in [0.25, 0.3) is 0 Å². The molecule has 5 nitrogen and oxygen atoms in total. The zero-order chi connectivity index (χ0) is 22.0. The number of carbonyl (C=O) groups is 1. The fourth-order valence-electron chi connectivity index (χ4n) is 3.98. The van der Waals surface area contributed by atoms with Crippen molar-refractivity contribution in [3.05, 3.63) is 35.1 Å². The van der Waals surface area contributed by atoms with E-state index in [1.54, 1.807) is 0 Å². The SMILES string of the molecule is CCCC1=NC(COC)C(C)(C(=O)O)C(c2ccc(F)cc2C(F)(F)F)C1C#N. The molecule has 2 rings (SSSR count). The van der Waals surface area contributed by atoms with E-state index in [9.17, 15) is 32.7 Å². The molecule has 9 heteroatoms. The molecule has 0 radical (unpaired) electrons. The summed E-state index contributed by atoms with van der Waals surface area (Å²) in [7, 11) is 1.34. The van der Waals surface area contributed by atoms with Crippen molar-refractivity contribution in [3.63, 3.8) is 0 Å². The van der Waals surface area contributed by atoms with Gasteiger partial charge in [0.15, 0.2) is 0 Å². The van der Waals surface area contributed by atoms with Crippen LogP contribution in [0.15, 0.2) is 23.2 Å². The normalized spacial score (nSPS) is 27.2. The lowest BCUT2D eigenvalue weighted by Crippen LogP contribution is -2.53. The van der Waals surface area contributed by atoms with Gasteiger partial charge in [0.1, 0.15) is 5.82 Å². The Morgan fingerprint density at radius 1 is 1.41 bits per heavy atom. The van der Waals surface area contributed by atoms with Crippen molar-refractivity contribution in [3.8, 4) is 6.07 Å². The van der Waals surface area contributed by atoms with Crippen molar-refractivity contribution in [2.45, 2.75) is 44.8 Å².